The Morgan fingerprint density at radius 2 is 1.50 bits per heavy atom. The van der Waals surface area contributed by atoms with E-state index in [0.717, 1.165) is 5.69 Å². The average Bonchev–Trinajstić information content (AvgIpc) is 2.20. The van der Waals surface area contributed by atoms with Gasteiger partial charge < -0.3 is 12.4 Å². The Balaban J connectivity index is 0.000000980. The van der Waals surface area contributed by atoms with Crippen LogP contribution < -0.4 is 17.0 Å². The fourth-order valence-corrected chi connectivity index (χ4v) is 1.45. The van der Waals surface area contributed by atoms with E-state index in [1.54, 1.807) is 0 Å². The molecule has 0 spiro atoms. The van der Waals surface area contributed by atoms with Crippen molar-refractivity contribution in [2.45, 2.75) is 0 Å². The molecule has 1 nitrogen and oxygen atoms in total. The number of nitrogens with zero attached hydrogens (tertiary/aromatic N) is 1. The maximum absolute atomic E-state index is 6.02. The van der Waals surface area contributed by atoms with E-state index in [1.807, 2.05) is 59.3 Å². The highest BCUT2D eigenvalue weighted by molar-refractivity contribution is 6.28. The second-order valence-electron chi connectivity index (χ2n) is 2.73. The molecule has 0 aliphatic carbocycles. The molecular formula is C11H9Cl2N. The van der Waals surface area contributed by atoms with Gasteiger partial charge in [-0.3, -0.25) is 0 Å². The molecule has 2 rings (SSSR count). The Kier molecular flexibility index (Phi) is 3.93. The molecular weight excluding hydrogens is 217 g/mol. The van der Waals surface area contributed by atoms with Crippen LogP contribution in [0.5, 0.6) is 0 Å². The van der Waals surface area contributed by atoms with Gasteiger partial charge in [-0.1, -0.05) is 18.2 Å². The summed E-state index contributed by atoms with van der Waals surface area (Å²) in [7, 11) is 0. The Morgan fingerprint density at radius 3 is 2.14 bits per heavy atom. The van der Waals surface area contributed by atoms with Gasteiger partial charge in [0.25, 0.3) is 5.15 Å². The van der Waals surface area contributed by atoms with Gasteiger partial charge in [0.05, 0.1) is 0 Å². The second-order valence-corrected chi connectivity index (χ2v) is 3.12. The SMILES string of the molecule is Clc1cccc[n+]1-c1ccccc1.[Cl-]. The Bertz CT molecular complexity index is 401. The lowest BCUT2D eigenvalue weighted by molar-refractivity contribution is -0.593. The van der Waals surface area contributed by atoms with E-state index >= 15 is 0 Å². The first kappa shape index (κ1) is 11.0. The Hall–Kier alpha value is -1.05. The first-order valence-corrected chi connectivity index (χ1v) is 4.47. The van der Waals surface area contributed by atoms with Crippen molar-refractivity contribution in [1.82, 2.24) is 0 Å². The Labute approximate surface area is 94.4 Å². The summed E-state index contributed by atoms with van der Waals surface area (Å²) in [5.74, 6) is 0. The molecule has 0 N–H and O–H groups in total. The van der Waals surface area contributed by atoms with Crippen molar-refractivity contribution in [3.05, 3.63) is 59.9 Å². The van der Waals surface area contributed by atoms with Crippen LogP contribution in [0.3, 0.4) is 0 Å². The summed E-state index contributed by atoms with van der Waals surface area (Å²) in [5.41, 5.74) is 1.08. The number of para-hydroxylation sites is 1. The van der Waals surface area contributed by atoms with Gasteiger partial charge in [-0.2, -0.15) is 4.57 Å². The van der Waals surface area contributed by atoms with Gasteiger partial charge in [0.15, 0.2) is 6.20 Å². The molecule has 0 radical (unpaired) electrons. The number of hydrogen-bond acceptors (Lipinski definition) is 0. The van der Waals surface area contributed by atoms with Gasteiger partial charge >= 0.3 is 0 Å². The number of benzene rings is 1. The molecule has 14 heavy (non-hydrogen) atoms. The second kappa shape index (κ2) is 4.99. The third-order valence-electron chi connectivity index (χ3n) is 1.84. The van der Waals surface area contributed by atoms with Crippen molar-refractivity contribution in [3.8, 4) is 5.69 Å². The normalized spacial score (nSPS) is 9.21. The lowest BCUT2D eigenvalue weighted by Crippen LogP contribution is -3.00. The van der Waals surface area contributed by atoms with Crippen LogP contribution in [-0.2, 0) is 0 Å². The summed E-state index contributed by atoms with van der Waals surface area (Å²) >= 11 is 6.02. The molecule has 0 fully saturated rings. The lowest BCUT2D eigenvalue weighted by Gasteiger charge is -1.95. The van der Waals surface area contributed by atoms with Crippen LogP contribution in [0.15, 0.2) is 54.7 Å². The van der Waals surface area contributed by atoms with Crippen LogP contribution in [-0.4, -0.2) is 0 Å². The molecule has 0 atom stereocenters. The fourth-order valence-electron chi connectivity index (χ4n) is 1.22. The molecule has 1 aromatic heterocycles. The zero-order valence-corrected chi connectivity index (χ0v) is 8.91. The number of aromatic nitrogens is 1. The van der Waals surface area contributed by atoms with E-state index in [2.05, 4.69) is 0 Å². The van der Waals surface area contributed by atoms with E-state index in [-0.39, 0.29) is 12.4 Å². The van der Waals surface area contributed by atoms with Crippen molar-refractivity contribution in [1.29, 1.82) is 0 Å². The van der Waals surface area contributed by atoms with Crippen molar-refractivity contribution >= 4 is 11.6 Å². The largest absolute Gasteiger partial charge is 1.00 e. The molecule has 0 aliphatic rings. The summed E-state index contributed by atoms with van der Waals surface area (Å²) < 4.78 is 1.93. The molecule has 1 heterocycles. The maximum Gasteiger partial charge on any atom is 0.280 e. The number of rotatable bonds is 1. The maximum atomic E-state index is 6.02. The smallest absolute Gasteiger partial charge is 0.280 e. The number of halogens is 2. The summed E-state index contributed by atoms with van der Waals surface area (Å²) in [6.07, 6.45) is 1.94. The first-order chi connectivity index (χ1) is 6.38. The minimum Gasteiger partial charge on any atom is -1.00 e. The third kappa shape index (κ3) is 2.25. The van der Waals surface area contributed by atoms with Crippen LogP contribution in [0.25, 0.3) is 5.69 Å². The molecule has 0 aliphatic heterocycles. The van der Waals surface area contributed by atoms with E-state index in [4.69, 9.17) is 11.6 Å². The van der Waals surface area contributed by atoms with Crippen molar-refractivity contribution in [2.75, 3.05) is 0 Å². The average molecular weight is 226 g/mol. The van der Waals surface area contributed by atoms with Gasteiger partial charge in [-0.15, -0.1) is 0 Å². The molecule has 0 amide bonds. The highest BCUT2D eigenvalue weighted by Gasteiger charge is 2.08. The van der Waals surface area contributed by atoms with Crippen LogP contribution >= 0.6 is 11.6 Å². The minimum atomic E-state index is 0. The predicted molar refractivity (Wildman–Crippen MR) is 53.0 cm³/mol. The van der Waals surface area contributed by atoms with Gasteiger partial charge in [-0.25, -0.2) is 0 Å². The molecule has 1 aromatic carbocycles. The van der Waals surface area contributed by atoms with Crippen molar-refractivity contribution in [2.24, 2.45) is 0 Å². The molecule has 0 saturated heterocycles. The van der Waals surface area contributed by atoms with Gasteiger partial charge in [0.1, 0.15) is 0 Å². The van der Waals surface area contributed by atoms with E-state index in [9.17, 15) is 0 Å². The first-order valence-electron chi connectivity index (χ1n) is 4.09. The molecule has 72 valence electrons. The van der Waals surface area contributed by atoms with Crippen molar-refractivity contribution in [3.63, 3.8) is 0 Å². The van der Waals surface area contributed by atoms with E-state index in [1.165, 1.54) is 0 Å². The third-order valence-corrected chi connectivity index (χ3v) is 2.15. The molecule has 0 saturated carbocycles. The predicted octanol–water partition coefficient (Wildman–Crippen LogP) is -0.379. The van der Waals surface area contributed by atoms with Crippen LogP contribution in [0.1, 0.15) is 0 Å². The van der Waals surface area contributed by atoms with E-state index < -0.39 is 0 Å². The molecule has 3 heteroatoms. The quantitative estimate of drug-likeness (QED) is 0.461. The van der Waals surface area contributed by atoms with Crippen LogP contribution in [0.4, 0.5) is 0 Å². The molecule has 0 bridgehead atoms. The monoisotopic (exact) mass is 225 g/mol. The topological polar surface area (TPSA) is 3.88 Å². The number of hydrogen-bond donors (Lipinski definition) is 0. The van der Waals surface area contributed by atoms with Crippen LogP contribution in [0, 0.1) is 0 Å². The van der Waals surface area contributed by atoms with Gasteiger partial charge in [-0.05, 0) is 17.7 Å². The van der Waals surface area contributed by atoms with E-state index in [0.29, 0.717) is 5.15 Å². The zero-order chi connectivity index (χ0) is 9.10. The van der Waals surface area contributed by atoms with Gasteiger partial charge in [0, 0.05) is 24.3 Å². The van der Waals surface area contributed by atoms with Crippen LogP contribution in [0.2, 0.25) is 5.15 Å². The lowest BCUT2D eigenvalue weighted by atomic mass is 10.3. The standard InChI is InChI=1S/C11H9ClN.ClH/c12-11-8-4-5-9-13(11)10-6-2-1-3-7-10;/h1-9H;1H/q+1;/p-1. The minimum absolute atomic E-state index is 0. The molecule has 2 aromatic rings. The highest BCUT2D eigenvalue weighted by Crippen LogP contribution is 2.04. The summed E-state index contributed by atoms with van der Waals surface area (Å²) in [5, 5.41) is 0.716. The Morgan fingerprint density at radius 1 is 0.857 bits per heavy atom. The summed E-state index contributed by atoms with van der Waals surface area (Å²) in [4.78, 5) is 0. The van der Waals surface area contributed by atoms with Crippen molar-refractivity contribution < 1.29 is 17.0 Å². The zero-order valence-electron chi connectivity index (χ0n) is 7.40. The molecule has 0 unspecified atom stereocenters. The van der Waals surface area contributed by atoms with Gasteiger partial charge in [0.2, 0.25) is 5.69 Å². The highest BCUT2D eigenvalue weighted by atomic mass is 35.5. The summed E-state index contributed by atoms with van der Waals surface area (Å²) in [6.45, 7) is 0. The number of pyridine rings is 1. The fraction of sp³-hybridized carbons (Fsp3) is 0. The summed E-state index contributed by atoms with van der Waals surface area (Å²) in [6, 6.07) is 15.8.